The third kappa shape index (κ3) is 4.47. The average Bonchev–Trinajstić information content (AvgIpc) is 3.08. The number of rotatable bonds is 4. The average molecular weight is 407 g/mol. The van der Waals surface area contributed by atoms with Crippen molar-refractivity contribution in [2.75, 3.05) is 26.2 Å². The molecule has 1 aromatic heterocycles. The van der Waals surface area contributed by atoms with Gasteiger partial charge in [-0.05, 0) is 25.7 Å². The Balaban J connectivity index is 1.39. The molecule has 0 bridgehead atoms. The summed E-state index contributed by atoms with van der Waals surface area (Å²) in [7, 11) is 0. The van der Waals surface area contributed by atoms with E-state index in [2.05, 4.69) is 17.2 Å². The highest BCUT2D eigenvalue weighted by molar-refractivity contribution is 5.76. The Bertz CT molecular complexity index is 855. The number of hydrogen-bond donors (Lipinski definition) is 1. The standard InChI is InChI=1S/C21H25F3N4O/c22-21(23,24)20-17-8-4-5-9-18(17)28(25-20)15-19(29)27-12-10-26(11-13-27)14-16-6-2-1-3-7-16/h1-3,6-7H,4-5,8-15H2/p+1. The van der Waals surface area contributed by atoms with Crippen LogP contribution in [-0.2, 0) is 36.9 Å². The molecule has 1 aliphatic carbocycles. The highest BCUT2D eigenvalue weighted by Crippen LogP contribution is 2.35. The molecule has 2 heterocycles. The van der Waals surface area contributed by atoms with Gasteiger partial charge in [-0.1, -0.05) is 30.3 Å². The van der Waals surface area contributed by atoms with Gasteiger partial charge in [0.1, 0.15) is 13.1 Å². The molecular weight excluding hydrogens is 381 g/mol. The highest BCUT2D eigenvalue weighted by Gasteiger charge is 2.40. The third-order valence-corrected chi connectivity index (χ3v) is 5.93. The van der Waals surface area contributed by atoms with E-state index in [1.165, 1.54) is 15.1 Å². The van der Waals surface area contributed by atoms with Crippen LogP contribution in [0.4, 0.5) is 13.2 Å². The third-order valence-electron chi connectivity index (χ3n) is 5.93. The van der Waals surface area contributed by atoms with Crippen molar-refractivity contribution >= 4 is 5.91 Å². The number of halogens is 3. The summed E-state index contributed by atoms with van der Waals surface area (Å²) in [4.78, 5) is 15.9. The van der Waals surface area contributed by atoms with Crippen LogP contribution in [0.25, 0.3) is 0 Å². The van der Waals surface area contributed by atoms with Gasteiger partial charge in [0.05, 0.1) is 26.2 Å². The van der Waals surface area contributed by atoms with Gasteiger partial charge in [0.2, 0.25) is 5.91 Å². The maximum Gasteiger partial charge on any atom is 0.435 e. The van der Waals surface area contributed by atoms with Crippen molar-refractivity contribution in [3.05, 3.63) is 52.8 Å². The summed E-state index contributed by atoms with van der Waals surface area (Å²) in [6, 6.07) is 10.2. The van der Waals surface area contributed by atoms with Gasteiger partial charge in [0.25, 0.3) is 0 Å². The van der Waals surface area contributed by atoms with E-state index in [4.69, 9.17) is 0 Å². The molecule has 4 rings (SSSR count). The summed E-state index contributed by atoms with van der Waals surface area (Å²) in [5.74, 6) is -0.145. The Hall–Kier alpha value is -2.35. The first-order valence-electron chi connectivity index (χ1n) is 10.2. The van der Waals surface area contributed by atoms with Crippen LogP contribution in [-0.4, -0.2) is 46.8 Å². The zero-order valence-electron chi connectivity index (χ0n) is 16.3. The molecule has 0 radical (unpaired) electrons. The van der Waals surface area contributed by atoms with Crippen LogP contribution >= 0.6 is 0 Å². The fraction of sp³-hybridized carbons (Fsp3) is 0.524. The summed E-state index contributed by atoms with van der Waals surface area (Å²) in [6.45, 7) is 3.74. The summed E-state index contributed by atoms with van der Waals surface area (Å²) in [5, 5.41) is 3.81. The molecule has 5 nitrogen and oxygen atoms in total. The van der Waals surface area contributed by atoms with Crippen LogP contribution in [0.15, 0.2) is 30.3 Å². The van der Waals surface area contributed by atoms with E-state index in [0.717, 1.165) is 32.5 Å². The molecule has 1 fully saturated rings. The van der Waals surface area contributed by atoms with E-state index in [1.807, 2.05) is 18.2 Å². The zero-order valence-corrected chi connectivity index (χ0v) is 16.3. The van der Waals surface area contributed by atoms with Crippen LogP contribution < -0.4 is 4.90 Å². The Kier molecular flexibility index (Phi) is 5.63. The van der Waals surface area contributed by atoms with Gasteiger partial charge < -0.3 is 9.80 Å². The molecule has 156 valence electrons. The maximum absolute atomic E-state index is 13.3. The van der Waals surface area contributed by atoms with Gasteiger partial charge in [0, 0.05) is 16.8 Å². The number of aromatic nitrogens is 2. The van der Waals surface area contributed by atoms with Crippen LogP contribution in [0.1, 0.15) is 35.4 Å². The molecule has 2 aliphatic rings. The van der Waals surface area contributed by atoms with Crippen LogP contribution in [0.5, 0.6) is 0 Å². The topological polar surface area (TPSA) is 42.6 Å². The van der Waals surface area contributed by atoms with E-state index in [9.17, 15) is 18.0 Å². The molecule has 1 amide bonds. The minimum Gasteiger partial charge on any atom is -0.330 e. The first kappa shape index (κ1) is 19.9. The molecule has 0 atom stereocenters. The number of fused-ring (bicyclic) bond motifs is 1. The van der Waals surface area contributed by atoms with Gasteiger partial charge in [-0.15, -0.1) is 0 Å². The van der Waals surface area contributed by atoms with Crippen LogP contribution in [0.3, 0.4) is 0 Å². The molecule has 8 heteroatoms. The van der Waals surface area contributed by atoms with Crippen LogP contribution in [0.2, 0.25) is 0 Å². The van der Waals surface area contributed by atoms with Gasteiger partial charge in [-0.3, -0.25) is 9.48 Å². The monoisotopic (exact) mass is 407 g/mol. The summed E-state index contributed by atoms with van der Waals surface area (Å²) >= 11 is 0. The molecule has 2 aromatic rings. The number of amides is 1. The number of benzene rings is 1. The quantitative estimate of drug-likeness (QED) is 0.839. The molecule has 0 unspecified atom stereocenters. The smallest absolute Gasteiger partial charge is 0.330 e. The summed E-state index contributed by atoms with van der Waals surface area (Å²) in [5.41, 5.74) is 1.33. The Morgan fingerprint density at radius 3 is 2.45 bits per heavy atom. The molecule has 0 spiro atoms. The van der Waals surface area contributed by atoms with E-state index >= 15 is 0 Å². The lowest BCUT2D eigenvalue weighted by atomic mass is 9.95. The number of nitrogens with one attached hydrogen (secondary N) is 1. The molecule has 1 aliphatic heterocycles. The summed E-state index contributed by atoms with van der Waals surface area (Å²) in [6.07, 6.45) is -1.95. The first-order valence-corrected chi connectivity index (χ1v) is 10.2. The normalized spacial score (nSPS) is 18.0. The van der Waals surface area contributed by atoms with E-state index in [1.54, 1.807) is 4.90 Å². The van der Waals surface area contributed by atoms with Crippen molar-refractivity contribution in [2.24, 2.45) is 0 Å². The Morgan fingerprint density at radius 1 is 1.07 bits per heavy atom. The highest BCUT2D eigenvalue weighted by atomic mass is 19.4. The van der Waals surface area contributed by atoms with Gasteiger partial charge in [-0.2, -0.15) is 18.3 Å². The van der Waals surface area contributed by atoms with Crippen molar-refractivity contribution < 1.29 is 22.9 Å². The molecule has 29 heavy (non-hydrogen) atoms. The second-order valence-corrected chi connectivity index (χ2v) is 7.93. The number of hydrogen-bond acceptors (Lipinski definition) is 2. The van der Waals surface area contributed by atoms with Crippen molar-refractivity contribution in [1.82, 2.24) is 14.7 Å². The van der Waals surface area contributed by atoms with Crippen molar-refractivity contribution in [2.45, 2.75) is 44.9 Å². The predicted octanol–water partition coefficient (Wildman–Crippen LogP) is 1.71. The molecule has 0 saturated carbocycles. The molecular formula is C21H26F3N4O+. The Morgan fingerprint density at radius 2 is 1.76 bits per heavy atom. The number of nitrogens with zero attached hydrogens (tertiary/aromatic N) is 3. The SMILES string of the molecule is O=C(Cn1nc(C(F)(F)F)c2c1CCCC2)N1CC[NH+](Cc2ccccc2)CC1. The van der Waals surface area contributed by atoms with Crippen LogP contribution in [0, 0.1) is 0 Å². The van der Waals surface area contributed by atoms with Crippen molar-refractivity contribution in [3.8, 4) is 0 Å². The number of piperazine rings is 1. The van der Waals surface area contributed by atoms with Crippen molar-refractivity contribution in [3.63, 3.8) is 0 Å². The molecule has 1 aromatic carbocycles. The van der Waals surface area contributed by atoms with Crippen molar-refractivity contribution in [1.29, 1.82) is 0 Å². The zero-order chi connectivity index (χ0) is 20.4. The minimum atomic E-state index is -4.47. The maximum atomic E-state index is 13.3. The number of carbonyl (C=O) groups is 1. The number of carbonyl (C=O) groups excluding carboxylic acids is 1. The lowest BCUT2D eigenvalue weighted by Crippen LogP contribution is -3.13. The summed E-state index contributed by atoms with van der Waals surface area (Å²) < 4.78 is 41.3. The molecule has 1 saturated heterocycles. The number of alkyl halides is 3. The van der Waals surface area contributed by atoms with E-state index in [-0.39, 0.29) is 18.0 Å². The fourth-order valence-electron chi connectivity index (χ4n) is 4.39. The van der Waals surface area contributed by atoms with Gasteiger partial charge >= 0.3 is 6.18 Å². The molecule has 1 N–H and O–H groups in total. The van der Waals surface area contributed by atoms with E-state index in [0.29, 0.717) is 31.6 Å². The lowest BCUT2D eigenvalue weighted by molar-refractivity contribution is -0.917. The second-order valence-electron chi connectivity index (χ2n) is 7.93. The predicted molar refractivity (Wildman–Crippen MR) is 101 cm³/mol. The van der Waals surface area contributed by atoms with E-state index < -0.39 is 11.9 Å². The largest absolute Gasteiger partial charge is 0.435 e. The minimum absolute atomic E-state index is 0.105. The van der Waals surface area contributed by atoms with Gasteiger partial charge in [-0.25, -0.2) is 0 Å². The van der Waals surface area contributed by atoms with Gasteiger partial charge in [0.15, 0.2) is 5.69 Å². The lowest BCUT2D eigenvalue weighted by Gasteiger charge is -2.32. The fourth-order valence-corrected chi connectivity index (χ4v) is 4.39. The first-order chi connectivity index (χ1) is 13.9. The Labute approximate surface area is 168 Å². The number of quaternary nitrogens is 1. The second kappa shape index (κ2) is 8.18.